The number of alkyl halides is 3. The number of hydrogen-bond donors (Lipinski definition) is 2. The van der Waals surface area contributed by atoms with Gasteiger partial charge in [-0.1, -0.05) is 12.1 Å². The van der Waals surface area contributed by atoms with Crippen molar-refractivity contribution >= 4 is 17.5 Å². The van der Waals surface area contributed by atoms with Crippen molar-refractivity contribution < 1.29 is 13.2 Å². The molecule has 1 aromatic heterocycles. The summed E-state index contributed by atoms with van der Waals surface area (Å²) in [6.07, 6.45) is -2.96. The van der Waals surface area contributed by atoms with Gasteiger partial charge >= 0.3 is 6.18 Å². The Morgan fingerprint density at radius 2 is 1.84 bits per heavy atom. The van der Waals surface area contributed by atoms with Crippen molar-refractivity contribution in [3.63, 3.8) is 0 Å². The van der Waals surface area contributed by atoms with E-state index in [1.807, 2.05) is 0 Å². The molecule has 1 aromatic carbocycles. The molecule has 2 N–H and O–H groups in total. The second-order valence-electron chi connectivity index (χ2n) is 3.68. The summed E-state index contributed by atoms with van der Waals surface area (Å²) in [4.78, 5) is 7.90. The quantitative estimate of drug-likeness (QED) is 0.897. The highest BCUT2D eigenvalue weighted by molar-refractivity contribution is 5.61. The molecule has 2 rings (SSSR count). The second kappa shape index (κ2) is 5.13. The zero-order chi connectivity index (χ0) is 13.9. The van der Waals surface area contributed by atoms with E-state index in [9.17, 15) is 13.2 Å². The first kappa shape index (κ1) is 13.1. The normalized spacial score (nSPS) is 11.2. The van der Waals surface area contributed by atoms with Crippen molar-refractivity contribution in [1.82, 2.24) is 9.97 Å². The maximum Gasteiger partial charge on any atom is 0.418 e. The van der Waals surface area contributed by atoms with Crippen LogP contribution < -0.4 is 10.6 Å². The van der Waals surface area contributed by atoms with E-state index in [0.29, 0.717) is 5.95 Å². The van der Waals surface area contributed by atoms with Crippen molar-refractivity contribution in [2.45, 2.75) is 6.18 Å². The van der Waals surface area contributed by atoms with Gasteiger partial charge < -0.3 is 10.6 Å². The van der Waals surface area contributed by atoms with Crippen LogP contribution in [0.4, 0.5) is 30.6 Å². The van der Waals surface area contributed by atoms with Crippen LogP contribution in [0.2, 0.25) is 0 Å². The predicted octanol–water partition coefficient (Wildman–Crippen LogP) is 3.28. The Hall–Kier alpha value is -2.31. The van der Waals surface area contributed by atoms with E-state index in [1.54, 1.807) is 7.05 Å². The molecule has 0 saturated carbocycles. The highest BCUT2D eigenvalue weighted by Gasteiger charge is 2.33. The molecule has 0 unspecified atom stereocenters. The summed E-state index contributed by atoms with van der Waals surface area (Å²) in [6, 6.07) is 6.73. The fourth-order valence-corrected chi connectivity index (χ4v) is 1.53. The van der Waals surface area contributed by atoms with E-state index in [4.69, 9.17) is 0 Å². The molecule has 0 aliphatic rings. The lowest BCUT2D eigenvalue weighted by Gasteiger charge is -2.14. The molecule has 0 saturated heterocycles. The standard InChI is InChI=1S/C12H11F3N4/c1-16-11-17-7-6-10(19-11)18-9-5-3-2-4-8(9)12(13,14)15/h2-7H,1H3,(H2,16,17,18,19). The number of rotatable bonds is 3. The van der Waals surface area contributed by atoms with Crippen LogP contribution in [-0.2, 0) is 6.18 Å². The molecular formula is C12H11F3N4. The molecule has 0 fully saturated rings. The Morgan fingerprint density at radius 3 is 2.53 bits per heavy atom. The van der Waals surface area contributed by atoms with E-state index in [2.05, 4.69) is 20.6 Å². The third kappa shape index (κ3) is 3.12. The van der Waals surface area contributed by atoms with Crippen molar-refractivity contribution in [3.8, 4) is 0 Å². The largest absolute Gasteiger partial charge is 0.418 e. The van der Waals surface area contributed by atoms with Gasteiger partial charge in [-0.15, -0.1) is 0 Å². The van der Waals surface area contributed by atoms with Crippen molar-refractivity contribution in [3.05, 3.63) is 42.1 Å². The molecule has 2 aromatic rings. The first-order valence-corrected chi connectivity index (χ1v) is 5.45. The molecule has 4 nitrogen and oxygen atoms in total. The van der Waals surface area contributed by atoms with Gasteiger partial charge in [0.2, 0.25) is 5.95 Å². The summed E-state index contributed by atoms with van der Waals surface area (Å²) < 4.78 is 38.4. The maximum absolute atomic E-state index is 12.8. The zero-order valence-corrected chi connectivity index (χ0v) is 9.99. The average Bonchev–Trinajstić information content (AvgIpc) is 2.38. The minimum atomic E-state index is -4.41. The summed E-state index contributed by atoms with van der Waals surface area (Å²) in [5.74, 6) is 0.616. The van der Waals surface area contributed by atoms with Crippen LogP contribution in [0.3, 0.4) is 0 Å². The molecule has 0 radical (unpaired) electrons. The van der Waals surface area contributed by atoms with Gasteiger partial charge in [-0.3, -0.25) is 0 Å². The molecule has 0 spiro atoms. The van der Waals surface area contributed by atoms with Crippen molar-refractivity contribution in [2.24, 2.45) is 0 Å². The summed E-state index contributed by atoms with van der Waals surface area (Å²) in [5.41, 5.74) is -0.782. The Morgan fingerprint density at radius 1 is 1.11 bits per heavy atom. The van der Waals surface area contributed by atoms with Gasteiger partial charge in [0.15, 0.2) is 0 Å². The molecule has 7 heteroatoms. The van der Waals surface area contributed by atoms with Crippen LogP contribution >= 0.6 is 0 Å². The number of halogens is 3. The van der Waals surface area contributed by atoms with Gasteiger partial charge in [-0.25, -0.2) is 4.98 Å². The van der Waals surface area contributed by atoms with E-state index >= 15 is 0 Å². The topological polar surface area (TPSA) is 49.8 Å². The van der Waals surface area contributed by atoms with Crippen LogP contribution in [0.5, 0.6) is 0 Å². The summed E-state index contributed by atoms with van der Waals surface area (Å²) in [6.45, 7) is 0. The van der Waals surface area contributed by atoms with Gasteiger partial charge in [0, 0.05) is 13.2 Å². The fourth-order valence-electron chi connectivity index (χ4n) is 1.53. The first-order valence-electron chi connectivity index (χ1n) is 5.45. The smallest absolute Gasteiger partial charge is 0.357 e. The number of aromatic nitrogens is 2. The minimum absolute atomic E-state index is 0.0456. The molecule has 1 heterocycles. The van der Waals surface area contributed by atoms with Crippen LogP contribution in [0.15, 0.2) is 36.5 Å². The van der Waals surface area contributed by atoms with Gasteiger partial charge in [-0.2, -0.15) is 18.2 Å². The number of para-hydroxylation sites is 1. The Labute approximate surface area is 107 Å². The highest BCUT2D eigenvalue weighted by atomic mass is 19.4. The van der Waals surface area contributed by atoms with Crippen LogP contribution in [0.25, 0.3) is 0 Å². The molecule has 100 valence electrons. The number of hydrogen-bond acceptors (Lipinski definition) is 4. The van der Waals surface area contributed by atoms with E-state index in [-0.39, 0.29) is 11.5 Å². The maximum atomic E-state index is 12.8. The summed E-state index contributed by atoms with van der Waals surface area (Å²) in [5, 5.41) is 5.36. The summed E-state index contributed by atoms with van der Waals surface area (Å²) >= 11 is 0. The van der Waals surface area contributed by atoms with Gasteiger partial charge in [0.1, 0.15) is 5.82 Å². The lowest BCUT2D eigenvalue weighted by molar-refractivity contribution is -0.136. The molecule has 0 aliphatic heterocycles. The van der Waals surface area contributed by atoms with Gasteiger partial charge in [0.25, 0.3) is 0 Å². The molecule has 0 aliphatic carbocycles. The second-order valence-corrected chi connectivity index (χ2v) is 3.68. The van der Waals surface area contributed by atoms with E-state index in [0.717, 1.165) is 6.07 Å². The Kier molecular flexibility index (Phi) is 3.55. The van der Waals surface area contributed by atoms with Crippen LogP contribution in [0, 0.1) is 0 Å². The average molecular weight is 268 g/mol. The fraction of sp³-hybridized carbons (Fsp3) is 0.167. The predicted molar refractivity (Wildman–Crippen MR) is 66.3 cm³/mol. The van der Waals surface area contributed by atoms with Gasteiger partial charge in [0.05, 0.1) is 11.3 Å². The Balaban J connectivity index is 2.33. The Bertz CT molecular complexity index is 569. The lowest BCUT2D eigenvalue weighted by Crippen LogP contribution is -2.09. The third-order valence-electron chi connectivity index (χ3n) is 2.37. The van der Waals surface area contributed by atoms with E-state index in [1.165, 1.54) is 30.5 Å². The third-order valence-corrected chi connectivity index (χ3v) is 2.37. The number of nitrogens with zero attached hydrogens (tertiary/aromatic N) is 2. The molecule has 0 amide bonds. The van der Waals surface area contributed by atoms with Crippen molar-refractivity contribution in [1.29, 1.82) is 0 Å². The molecule has 19 heavy (non-hydrogen) atoms. The van der Waals surface area contributed by atoms with E-state index < -0.39 is 11.7 Å². The number of benzene rings is 1. The lowest BCUT2D eigenvalue weighted by atomic mass is 10.1. The zero-order valence-electron chi connectivity index (χ0n) is 9.99. The number of anilines is 3. The van der Waals surface area contributed by atoms with Crippen LogP contribution in [-0.4, -0.2) is 17.0 Å². The number of nitrogens with one attached hydrogen (secondary N) is 2. The SMILES string of the molecule is CNc1nccc(Nc2ccccc2C(F)(F)F)n1. The monoisotopic (exact) mass is 268 g/mol. The van der Waals surface area contributed by atoms with Crippen LogP contribution in [0.1, 0.15) is 5.56 Å². The highest BCUT2D eigenvalue weighted by Crippen LogP contribution is 2.35. The van der Waals surface area contributed by atoms with Gasteiger partial charge in [-0.05, 0) is 18.2 Å². The molecule has 0 bridgehead atoms. The molecule has 0 atom stereocenters. The van der Waals surface area contributed by atoms with Crippen molar-refractivity contribution in [2.75, 3.05) is 17.7 Å². The minimum Gasteiger partial charge on any atom is -0.357 e. The first-order chi connectivity index (χ1) is 9.00. The molecular weight excluding hydrogens is 257 g/mol. The summed E-state index contributed by atoms with van der Waals surface area (Å²) in [7, 11) is 1.63.